The van der Waals surface area contributed by atoms with Crippen LogP contribution in [0.15, 0.2) is 24.3 Å². The van der Waals surface area contributed by atoms with E-state index in [1.54, 1.807) is 0 Å². The van der Waals surface area contributed by atoms with Gasteiger partial charge in [0.25, 0.3) is 0 Å². The van der Waals surface area contributed by atoms with E-state index in [0.717, 1.165) is 43.7 Å². The van der Waals surface area contributed by atoms with Gasteiger partial charge in [0.05, 0.1) is 6.54 Å². The molecule has 0 radical (unpaired) electrons. The Labute approximate surface area is 139 Å². The molecule has 122 valence electrons. The molecule has 3 rings (SSSR count). The van der Waals surface area contributed by atoms with E-state index in [9.17, 15) is 4.79 Å². The van der Waals surface area contributed by atoms with Crippen LogP contribution in [-0.2, 0) is 4.79 Å². The van der Waals surface area contributed by atoms with Crippen molar-refractivity contribution in [1.82, 2.24) is 10.2 Å². The summed E-state index contributed by atoms with van der Waals surface area (Å²) in [5, 5.41) is 6.46. The van der Waals surface area contributed by atoms with E-state index in [0.29, 0.717) is 12.5 Å². The molecule has 0 aromatic heterocycles. The van der Waals surface area contributed by atoms with Gasteiger partial charge in [-0.15, -0.1) is 12.4 Å². The average Bonchev–Trinajstić information content (AvgIpc) is 2.99. The largest absolute Gasteiger partial charge is 0.325 e. The molecule has 2 aliphatic rings. The molecule has 1 amide bonds. The predicted molar refractivity (Wildman–Crippen MR) is 92.7 cm³/mol. The number of carbonyl (C=O) groups excluding carboxylic acids is 1. The lowest BCUT2D eigenvalue weighted by molar-refractivity contribution is -0.117. The van der Waals surface area contributed by atoms with Crippen LogP contribution in [-0.4, -0.2) is 43.5 Å². The second-order valence-electron chi connectivity index (χ2n) is 6.70. The number of carbonyl (C=O) groups is 1. The number of hydrogen-bond acceptors (Lipinski definition) is 3. The zero-order valence-electron chi connectivity index (χ0n) is 13.3. The fourth-order valence-electron chi connectivity index (χ4n) is 3.46. The maximum Gasteiger partial charge on any atom is 0.238 e. The van der Waals surface area contributed by atoms with E-state index in [4.69, 9.17) is 0 Å². The van der Waals surface area contributed by atoms with Crippen molar-refractivity contribution in [1.29, 1.82) is 0 Å². The normalized spacial score (nSPS) is 24.1. The number of nitrogens with zero attached hydrogens (tertiary/aromatic N) is 1. The Kier molecular flexibility index (Phi) is 5.84. The first-order valence-corrected chi connectivity index (χ1v) is 7.94. The monoisotopic (exact) mass is 323 g/mol. The number of anilines is 1. The summed E-state index contributed by atoms with van der Waals surface area (Å²) >= 11 is 0. The Morgan fingerprint density at radius 2 is 2.00 bits per heavy atom. The van der Waals surface area contributed by atoms with Crippen molar-refractivity contribution in [2.75, 3.05) is 38.0 Å². The van der Waals surface area contributed by atoms with Gasteiger partial charge in [-0.2, -0.15) is 0 Å². The first-order valence-electron chi connectivity index (χ1n) is 7.94. The number of rotatable bonds is 4. The van der Waals surface area contributed by atoms with Crippen LogP contribution >= 0.6 is 12.4 Å². The van der Waals surface area contributed by atoms with E-state index in [1.807, 2.05) is 12.1 Å². The highest BCUT2D eigenvalue weighted by molar-refractivity contribution is 5.92. The van der Waals surface area contributed by atoms with Gasteiger partial charge in [0.15, 0.2) is 0 Å². The molecular weight excluding hydrogens is 298 g/mol. The lowest BCUT2D eigenvalue weighted by atomic mass is 10.0. The first kappa shape index (κ1) is 17.3. The van der Waals surface area contributed by atoms with Crippen molar-refractivity contribution in [2.24, 2.45) is 11.8 Å². The molecule has 0 bridgehead atoms. The fraction of sp³-hybridized carbons (Fsp3) is 0.588. The van der Waals surface area contributed by atoms with Crippen LogP contribution < -0.4 is 10.6 Å². The summed E-state index contributed by atoms with van der Waals surface area (Å²) in [6.07, 6.45) is 0. The predicted octanol–water partition coefficient (Wildman–Crippen LogP) is 2.32. The lowest BCUT2D eigenvalue weighted by Gasteiger charge is -2.17. The zero-order chi connectivity index (χ0) is 14.8. The van der Waals surface area contributed by atoms with E-state index >= 15 is 0 Å². The maximum absolute atomic E-state index is 12.2. The van der Waals surface area contributed by atoms with Crippen molar-refractivity contribution in [3.05, 3.63) is 29.8 Å². The summed E-state index contributed by atoms with van der Waals surface area (Å²) in [4.78, 5) is 14.5. The topological polar surface area (TPSA) is 44.4 Å². The molecule has 0 saturated carbocycles. The summed E-state index contributed by atoms with van der Waals surface area (Å²) in [6.45, 7) is 9.17. The lowest BCUT2D eigenvalue weighted by Crippen LogP contribution is -2.33. The average molecular weight is 324 g/mol. The Hall–Kier alpha value is -1.10. The second kappa shape index (κ2) is 7.44. The van der Waals surface area contributed by atoms with Gasteiger partial charge in [-0.25, -0.2) is 0 Å². The highest BCUT2D eigenvalue weighted by Crippen LogP contribution is 2.26. The number of likely N-dealkylation sites (tertiary alicyclic amines) is 1. The van der Waals surface area contributed by atoms with E-state index in [-0.39, 0.29) is 18.3 Å². The van der Waals surface area contributed by atoms with E-state index < -0.39 is 0 Å². The summed E-state index contributed by atoms with van der Waals surface area (Å²) in [5.74, 6) is 2.06. The third kappa shape index (κ3) is 4.00. The summed E-state index contributed by atoms with van der Waals surface area (Å²) in [6, 6.07) is 8.16. The Morgan fingerprint density at radius 1 is 1.32 bits per heavy atom. The molecule has 5 heteroatoms. The van der Waals surface area contributed by atoms with Crippen molar-refractivity contribution < 1.29 is 4.79 Å². The van der Waals surface area contributed by atoms with Crippen LogP contribution in [0.4, 0.5) is 5.69 Å². The van der Waals surface area contributed by atoms with Crippen LogP contribution in [0.5, 0.6) is 0 Å². The van der Waals surface area contributed by atoms with Gasteiger partial charge in [0.1, 0.15) is 0 Å². The van der Waals surface area contributed by atoms with Crippen LogP contribution in [0.2, 0.25) is 0 Å². The van der Waals surface area contributed by atoms with Crippen LogP contribution in [0.25, 0.3) is 0 Å². The SMILES string of the molecule is CC(C)c1cccc(NC(=O)CN2C[C@H]3CNC[C@H]3C2)c1.Cl. The molecule has 2 N–H and O–H groups in total. The molecule has 1 aromatic carbocycles. The van der Waals surface area contributed by atoms with Gasteiger partial charge in [-0.05, 0) is 48.5 Å². The molecule has 22 heavy (non-hydrogen) atoms. The number of halogens is 1. The minimum atomic E-state index is 0. The first-order chi connectivity index (χ1) is 10.1. The standard InChI is InChI=1S/C17H25N3O.ClH/c1-12(2)13-4-3-5-16(6-13)19-17(21)11-20-9-14-7-18-8-15(14)10-20;/h3-6,12,14-15,18H,7-11H2,1-2H3,(H,19,21);1H/t14-,15+;. The molecule has 2 aliphatic heterocycles. The Bertz CT molecular complexity index is 508. The van der Waals surface area contributed by atoms with E-state index in [2.05, 4.69) is 41.5 Å². The molecule has 4 nitrogen and oxygen atoms in total. The van der Waals surface area contributed by atoms with Gasteiger partial charge in [-0.3, -0.25) is 9.69 Å². The summed E-state index contributed by atoms with van der Waals surface area (Å²) < 4.78 is 0. The maximum atomic E-state index is 12.2. The van der Waals surface area contributed by atoms with E-state index in [1.165, 1.54) is 5.56 Å². The minimum Gasteiger partial charge on any atom is -0.325 e. The van der Waals surface area contributed by atoms with Crippen molar-refractivity contribution in [2.45, 2.75) is 19.8 Å². The van der Waals surface area contributed by atoms with Crippen LogP contribution in [0.1, 0.15) is 25.3 Å². The number of fused-ring (bicyclic) bond motifs is 1. The smallest absolute Gasteiger partial charge is 0.238 e. The van der Waals surface area contributed by atoms with Gasteiger partial charge >= 0.3 is 0 Å². The summed E-state index contributed by atoms with van der Waals surface area (Å²) in [5.41, 5.74) is 2.17. The molecule has 1 aromatic rings. The Morgan fingerprint density at radius 3 is 2.64 bits per heavy atom. The number of hydrogen-bond donors (Lipinski definition) is 2. The van der Waals surface area contributed by atoms with Crippen molar-refractivity contribution in [3.63, 3.8) is 0 Å². The molecule has 0 aliphatic carbocycles. The van der Waals surface area contributed by atoms with Crippen molar-refractivity contribution >= 4 is 24.0 Å². The number of amides is 1. The third-order valence-electron chi connectivity index (χ3n) is 4.67. The molecule has 0 spiro atoms. The summed E-state index contributed by atoms with van der Waals surface area (Å²) in [7, 11) is 0. The van der Waals surface area contributed by atoms with Gasteiger partial charge < -0.3 is 10.6 Å². The second-order valence-corrected chi connectivity index (χ2v) is 6.70. The zero-order valence-corrected chi connectivity index (χ0v) is 14.2. The quantitative estimate of drug-likeness (QED) is 0.894. The molecule has 2 atom stereocenters. The molecule has 0 unspecified atom stereocenters. The van der Waals surface area contributed by atoms with Crippen molar-refractivity contribution in [3.8, 4) is 0 Å². The van der Waals surface area contributed by atoms with Gasteiger partial charge in [-0.1, -0.05) is 26.0 Å². The van der Waals surface area contributed by atoms with Crippen LogP contribution in [0, 0.1) is 11.8 Å². The molecule has 2 saturated heterocycles. The minimum absolute atomic E-state index is 0. The van der Waals surface area contributed by atoms with Gasteiger partial charge in [0.2, 0.25) is 5.91 Å². The number of benzene rings is 1. The molecule has 2 heterocycles. The van der Waals surface area contributed by atoms with Crippen LogP contribution in [0.3, 0.4) is 0 Å². The molecular formula is C17H26ClN3O. The highest BCUT2D eigenvalue weighted by atomic mass is 35.5. The molecule has 2 fully saturated rings. The highest BCUT2D eigenvalue weighted by Gasteiger charge is 2.36. The van der Waals surface area contributed by atoms with Gasteiger partial charge in [0, 0.05) is 18.8 Å². The fourth-order valence-corrected chi connectivity index (χ4v) is 3.46. The third-order valence-corrected chi connectivity index (χ3v) is 4.67. The number of nitrogens with one attached hydrogen (secondary N) is 2. The Balaban J connectivity index is 0.00000176.